The summed E-state index contributed by atoms with van der Waals surface area (Å²) in [6.45, 7) is 6.32. The highest BCUT2D eigenvalue weighted by molar-refractivity contribution is 5.86. The molecule has 2 rings (SSSR count). The minimum Gasteiger partial charge on any atom is -0.349 e. The van der Waals surface area contributed by atoms with Gasteiger partial charge in [0.25, 0.3) is 0 Å². The molecule has 7 heteroatoms. The van der Waals surface area contributed by atoms with Crippen molar-refractivity contribution in [2.24, 2.45) is 5.92 Å². The summed E-state index contributed by atoms with van der Waals surface area (Å²) < 4.78 is 0. The van der Waals surface area contributed by atoms with Gasteiger partial charge in [0.15, 0.2) is 0 Å². The molecule has 2 N–H and O–H groups in total. The number of nitrogens with zero attached hydrogens (tertiary/aromatic N) is 3. The standard InChI is InChI=1S/C15H25N5O2/c1-4-20-18-10(2)14(19-20)9-16-15(22)13(17-11(3)21)8-12-6-5-7-12/h12-13H,4-9H2,1-3H3,(H,16,22)(H,17,21)/t13-/m1/s1. The predicted octanol–water partition coefficient (Wildman–Crippen LogP) is 0.918. The molecule has 1 aromatic rings. The molecule has 122 valence electrons. The van der Waals surface area contributed by atoms with Crippen molar-refractivity contribution in [2.45, 2.75) is 65.6 Å². The zero-order chi connectivity index (χ0) is 16.1. The molecule has 2 amide bonds. The van der Waals surface area contributed by atoms with E-state index in [0.717, 1.165) is 24.2 Å². The van der Waals surface area contributed by atoms with Crippen LogP contribution in [0.4, 0.5) is 0 Å². The van der Waals surface area contributed by atoms with Crippen LogP contribution in [0.3, 0.4) is 0 Å². The van der Waals surface area contributed by atoms with Crippen LogP contribution in [0, 0.1) is 12.8 Å². The summed E-state index contributed by atoms with van der Waals surface area (Å²) >= 11 is 0. The molecule has 0 bridgehead atoms. The Kier molecular flexibility index (Phi) is 5.51. The molecule has 1 aliphatic carbocycles. The number of carbonyl (C=O) groups is 2. The fourth-order valence-electron chi connectivity index (χ4n) is 2.60. The average Bonchev–Trinajstić information content (AvgIpc) is 2.78. The van der Waals surface area contributed by atoms with E-state index in [9.17, 15) is 9.59 Å². The topological polar surface area (TPSA) is 88.9 Å². The van der Waals surface area contributed by atoms with Crippen LogP contribution < -0.4 is 10.6 Å². The molecule has 0 unspecified atom stereocenters. The Balaban J connectivity index is 1.91. The first-order chi connectivity index (χ1) is 10.5. The first kappa shape index (κ1) is 16.5. The van der Waals surface area contributed by atoms with Crippen LogP contribution in [0.1, 0.15) is 50.9 Å². The number of hydrogen-bond donors (Lipinski definition) is 2. The predicted molar refractivity (Wildman–Crippen MR) is 81.8 cm³/mol. The maximum atomic E-state index is 12.3. The van der Waals surface area contributed by atoms with E-state index in [2.05, 4.69) is 20.8 Å². The van der Waals surface area contributed by atoms with E-state index in [0.29, 0.717) is 25.4 Å². The molecule has 0 aliphatic heterocycles. The smallest absolute Gasteiger partial charge is 0.242 e. The summed E-state index contributed by atoms with van der Waals surface area (Å²) in [5, 5.41) is 14.2. The van der Waals surface area contributed by atoms with Crippen LogP contribution >= 0.6 is 0 Å². The Morgan fingerprint density at radius 2 is 2.09 bits per heavy atom. The summed E-state index contributed by atoms with van der Waals surface area (Å²) in [6.07, 6.45) is 4.23. The quantitative estimate of drug-likeness (QED) is 0.784. The van der Waals surface area contributed by atoms with E-state index >= 15 is 0 Å². The van der Waals surface area contributed by atoms with Gasteiger partial charge in [0.05, 0.1) is 18.8 Å². The Labute approximate surface area is 130 Å². The fourth-order valence-corrected chi connectivity index (χ4v) is 2.60. The van der Waals surface area contributed by atoms with Gasteiger partial charge in [-0.15, -0.1) is 0 Å². The van der Waals surface area contributed by atoms with Gasteiger partial charge in [-0.1, -0.05) is 19.3 Å². The minimum absolute atomic E-state index is 0.146. The van der Waals surface area contributed by atoms with Crippen LogP contribution in [0.25, 0.3) is 0 Å². The van der Waals surface area contributed by atoms with Crippen molar-refractivity contribution >= 4 is 11.8 Å². The molecule has 1 heterocycles. The summed E-state index contributed by atoms with van der Waals surface area (Å²) in [6, 6.07) is -0.454. The van der Waals surface area contributed by atoms with E-state index in [1.165, 1.54) is 13.3 Å². The number of hydrogen-bond acceptors (Lipinski definition) is 4. The molecular weight excluding hydrogens is 282 g/mol. The van der Waals surface area contributed by atoms with Gasteiger partial charge >= 0.3 is 0 Å². The third kappa shape index (κ3) is 4.29. The number of nitrogens with one attached hydrogen (secondary N) is 2. The second-order valence-corrected chi connectivity index (χ2v) is 5.92. The van der Waals surface area contributed by atoms with Crippen molar-refractivity contribution in [2.75, 3.05) is 0 Å². The van der Waals surface area contributed by atoms with E-state index in [4.69, 9.17) is 0 Å². The zero-order valence-electron chi connectivity index (χ0n) is 13.6. The molecule has 22 heavy (non-hydrogen) atoms. The molecule has 1 saturated carbocycles. The van der Waals surface area contributed by atoms with Gasteiger partial charge in [0.2, 0.25) is 11.8 Å². The summed E-state index contributed by atoms with van der Waals surface area (Å²) in [4.78, 5) is 25.2. The average molecular weight is 307 g/mol. The molecular formula is C15H25N5O2. The van der Waals surface area contributed by atoms with E-state index in [-0.39, 0.29) is 11.8 Å². The first-order valence-electron chi connectivity index (χ1n) is 7.95. The highest BCUT2D eigenvalue weighted by Gasteiger charge is 2.27. The van der Waals surface area contributed by atoms with Crippen LogP contribution in [-0.4, -0.2) is 32.9 Å². The minimum atomic E-state index is -0.454. The van der Waals surface area contributed by atoms with Crippen LogP contribution in [0.15, 0.2) is 0 Å². The summed E-state index contributed by atoms with van der Waals surface area (Å²) in [7, 11) is 0. The summed E-state index contributed by atoms with van der Waals surface area (Å²) in [5.74, 6) is 0.227. The normalized spacial score (nSPS) is 16.0. The molecule has 1 fully saturated rings. The molecule has 0 aromatic carbocycles. The molecule has 1 aromatic heterocycles. The maximum Gasteiger partial charge on any atom is 0.242 e. The molecule has 1 aliphatic rings. The zero-order valence-corrected chi connectivity index (χ0v) is 13.6. The number of amides is 2. The highest BCUT2D eigenvalue weighted by Crippen LogP contribution is 2.30. The largest absolute Gasteiger partial charge is 0.349 e. The third-order valence-electron chi connectivity index (χ3n) is 4.12. The van der Waals surface area contributed by atoms with E-state index in [1.807, 2.05) is 13.8 Å². The van der Waals surface area contributed by atoms with Gasteiger partial charge in [-0.05, 0) is 26.2 Å². The lowest BCUT2D eigenvalue weighted by atomic mass is 9.80. The Hall–Kier alpha value is -1.92. The Morgan fingerprint density at radius 1 is 1.36 bits per heavy atom. The van der Waals surface area contributed by atoms with Crippen LogP contribution in [0.2, 0.25) is 0 Å². The van der Waals surface area contributed by atoms with Crippen molar-refractivity contribution in [3.8, 4) is 0 Å². The summed E-state index contributed by atoms with van der Waals surface area (Å²) in [5.41, 5.74) is 1.58. The van der Waals surface area contributed by atoms with Crippen molar-refractivity contribution in [1.29, 1.82) is 0 Å². The lowest BCUT2D eigenvalue weighted by molar-refractivity contribution is -0.128. The maximum absolute atomic E-state index is 12.3. The van der Waals surface area contributed by atoms with E-state index in [1.54, 1.807) is 4.80 Å². The van der Waals surface area contributed by atoms with Gasteiger partial charge in [-0.2, -0.15) is 15.0 Å². The van der Waals surface area contributed by atoms with Gasteiger partial charge < -0.3 is 10.6 Å². The van der Waals surface area contributed by atoms with Crippen LogP contribution in [0.5, 0.6) is 0 Å². The number of aryl methyl sites for hydroxylation is 2. The number of carbonyl (C=O) groups excluding carboxylic acids is 2. The van der Waals surface area contributed by atoms with E-state index < -0.39 is 6.04 Å². The molecule has 0 saturated heterocycles. The van der Waals surface area contributed by atoms with Gasteiger partial charge in [-0.25, -0.2) is 0 Å². The third-order valence-corrected chi connectivity index (χ3v) is 4.12. The van der Waals surface area contributed by atoms with Gasteiger partial charge in [0.1, 0.15) is 11.7 Å². The molecule has 0 radical (unpaired) electrons. The fraction of sp³-hybridized carbons (Fsp3) is 0.733. The van der Waals surface area contributed by atoms with Crippen molar-refractivity contribution in [1.82, 2.24) is 25.6 Å². The van der Waals surface area contributed by atoms with Gasteiger partial charge in [-0.3, -0.25) is 9.59 Å². The molecule has 1 atom stereocenters. The number of aromatic nitrogens is 3. The van der Waals surface area contributed by atoms with Crippen molar-refractivity contribution in [3.63, 3.8) is 0 Å². The first-order valence-corrected chi connectivity index (χ1v) is 7.95. The van der Waals surface area contributed by atoms with Crippen molar-refractivity contribution < 1.29 is 9.59 Å². The lowest BCUT2D eigenvalue weighted by Gasteiger charge is -2.29. The monoisotopic (exact) mass is 307 g/mol. The van der Waals surface area contributed by atoms with Crippen molar-refractivity contribution in [3.05, 3.63) is 11.4 Å². The Morgan fingerprint density at radius 3 is 2.59 bits per heavy atom. The molecule has 7 nitrogen and oxygen atoms in total. The SMILES string of the molecule is CCn1nc(C)c(CNC(=O)[C@@H](CC2CCC2)NC(C)=O)n1. The van der Waals surface area contributed by atoms with Gasteiger partial charge in [0, 0.05) is 6.92 Å². The number of rotatable bonds is 7. The second kappa shape index (κ2) is 7.38. The lowest BCUT2D eigenvalue weighted by Crippen LogP contribution is -2.47. The van der Waals surface area contributed by atoms with Crippen LogP contribution in [-0.2, 0) is 22.7 Å². The highest BCUT2D eigenvalue weighted by atomic mass is 16.2. The molecule has 0 spiro atoms. The Bertz CT molecular complexity index is 536. The second-order valence-electron chi connectivity index (χ2n) is 5.92.